The molecule has 2 aliphatic rings. The molecule has 158 valence electrons. The summed E-state index contributed by atoms with van der Waals surface area (Å²) in [6.07, 6.45) is 4.70. The maximum atomic E-state index is 12.5. The van der Waals surface area contributed by atoms with E-state index in [1.54, 1.807) is 24.3 Å². The average Bonchev–Trinajstić information content (AvgIpc) is 2.97. The third-order valence-corrected chi connectivity index (χ3v) is 5.10. The van der Waals surface area contributed by atoms with Crippen LogP contribution < -0.4 is 10.6 Å². The summed E-state index contributed by atoms with van der Waals surface area (Å²) in [7, 11) is 0. The fraction of sp³-hybridized carbons (Fsp3) is 0.381. The number of anilines is 2. The zero-order chi connectivity index (χ0) is 21.8. The molecule has 0 saturated carbocycles. The first-order chi connectivity index (χ1) is 14.3. The molecule has 3 rings (SSSR count). The van der Waals surface area contributed by atoms with E-state index < -0.39 is 36.4 Å². The number of allylic oxidation sites excluding steroid dienone is 2. The molecule has 1 fully saturated rings. The van der Waals surface area contributed by atoms with E-state index in [2.05, 4.69) is 10.6 Å². The number of benzene rings is 1. The number of nitrogens with zero attached hydrogens (tertiary/aromatic N) is 1. The van der Waals surface area contributed by atoms with E-state index in [1.165, 1.54) is 13.8 Å². The van der Waals surface area contributed by atoms with Gasteiger partial charge in [-0.05, 0) is 44.0 Å². The van der Waals surface area contributed by atoms with Crippen molar-refractivity contribution in [3.05, 3.63) is 36.4 Å². The maximum absolute atomic E-state index is 12.5. The van der Waals surface area contributed by atoms with Crippen LogP contribution in [0.2, 0.25) is 0 Å². The normalized spacial score (nSPS) is 21.1. The van der Waals surface area contributed by atoms with E-state index >= 15 is 0 Å². The third-order valence-electron chi connectivity index (χ3n) is 5.10. The molecular formula is C21H23N3O6. The lowest BCUT2D eigenvalue weighted by Crippen LogP contribution is -2.45. The number of carbonyl (C=O) groups is 5. The fourth-order valence-corrected chi connectivity index (χ4v) is 3.61. The summed E-state index contributed by atoms with van der Waals surface area (Å²) in [5.41, 5.74) is 1.04. The molecule has 1 saturated heterocycles. The van der Waals surface area contributed by atoms with E-state index in [0.29, 0.717) is 24.2 Å². The minimum Gasteiger partial charge on any atom is -0.454 e. The summed E-state index contributed by atoms with van der Waals surface area (Å²) in [4.78, 5) is 61.4. The summed E-state index contributed by atoms with van der Waals surface area (Å²) in [5.74, 6) is -3.20. The van der Waals surface area contributed by atoms with E-state index in [0.717, 1.165) is 4.90 Å². The van der Waals surface area contributed by atoms with Gasteiger partial charge in [0.15, 0.2) is 6.61 Å². The monoisotopic (exact) mass is 413 g/mol. The highest BCUT2D eigenvalue weighted by Gasteiger charge is 2.50. The Kier molecular flexibility index (Phi) is 6.29. The van der Waals surface area contributed by atoms with Crippen LogP contribution in [0.15, 0.2) is 36.4 Å². The molecule has 0 bridgehead atoms. The van der Waals surface area contributed by atoms with Gasteiger partial charge in [-0.3, -0.25) is 24.1 Å². The molecule has 1 aliphatic heterocycles. The lowest BCUT2D eigenvalue weighted by Gasteiger charge is -2.21. The van der Waals surface area contributed by atoms with Crippen LogP contribution in [-0.4, -0.2) is 47.1 Å². The number of imide groups is 1. The molecule has 4 amide bonds. The summed E-state index contributed by atoms with van der Waals surface area (Å²) in [5, 5.41) is 5.17. The predicted octanol–water partition coefficient (Wildman–Crippen LogP) is 1.47. The van der Waals surface area contributed by atoms with Crippen LogP contribution in [0, 0.1) is 11.8 Å². The van der Waals surface area contributed by atoms with E-state index in [-0.39, 0.29) is 17.7 Å². The van der Waals surface area contributed by atoms with Gasteiger partial charge in [0.1, 0.15) is 6.04 Å². The van der Waals surface area contributed by atoms with Crippen molar-refractivity contribution in [2.75, 3.05) is 17.2 Å². The van der Waals surface area contributed by atoms with Crippen molar-refractivity contribution in [1.82, 2.24) is 4.90 Å². The molecule has 1 heterocycles. The highest BCUT2D eigenvalue weighted by Crippen LogP contribution is 2.36. The Morgan fingerprint density at radius 1 is 1.00 bits per heavy atom. The zero-order valence-corrected chi connectivity index (χ0v) is 16.7. The second kappa shape index (κ2) is 8.89. The Bertz CT molecular complexity index is 882. The van der Waals surface area contributed by atoms with Gasteiger partial charge < -0.3 is 15.4 Å². The largest absolute Gasteiger partial charge is 0.454 e. The molecule has 3 atom stereocenters. The molecule has 1 aromatic carbocycles. The van der Waals surface area contributed by atoms with Gasteiger partial charge >= 0.3 is 5.97 Å². The van der Waals surface area contributed by atoms with Gasteiger partial charge in [0.25, 0.3) is 5.91 Å². The first kappa shape index (κ1) is 21.2. The van der Waals surface area contributed by atoms with E-state index in [1.807, 2.05) is 12.2 Å². The van der Waals surface area contributed by atoms with Crippen molar-refractivity contribution in [3.63, 3.8) is 0 Å². The molecule has 1 aliphatic carbocycles. The molecule has 9 heteroatoms. The summed E-state index contributed by atoms with van der Waals surface area (Å²) in [6, 6.07) is 5.31. The number of esters is 1. The van der Waals surface area contributed by atoms with Crippen molar-refractivity contribution in [2.24, 2.45) is 11.8 Å². The number of hydrogen-bond donors (Lipinski definition) is 2. The van der Waals surface area contributed by atoms with Crippen LogP contribution in [0.1, 0.15) is 26.7 Å². The minimum absolute atomic E-state index is 0.210. The van der Waals surface area contributed by atoms with Crippen LogP contribution in [-0.2, 0) is 28.7 Å². The zero-order valence-electron chi connectivity index (χ0n) is 16.7. The number of fused-ring (bicyclic) bond motifs is 1. The van der Waals surface area contributed by atoms with E-state index in [4.69, 9.17) is 4.74 Å². The molecule has 0 unspecified atom stereocenters. The Labute approximate surface area is 173 Å². The Hall–Kier alpha value is -3.49. The van der Waals surface area contributed by atoms with Crippen LogP contribution in [0.3, 0.4) is 0 Å². The van der Waals surface area contributed by atoms with Crippen molar-refractivity contribution in [1.29, 1.82) is 0 Å². The van der Waals surface area contributed by atoms with Gasteiger partial charge in [-0.25, -0.2) is 4.79 Å². The van der Waals surface area contributed by atoms with Gasteiger partial charge in [0, 0.05) is 18.3 Å². The van der Waals surface area contributed by atoms with Crippen molar-refractivity contribution < 1.29 is 28.7 Å². The van der Waals surface area contributed by atoms with Crippen molar-refractivity contribution >= 4 is 41.0 Å². The highest BCUT2D eigenvalue weighted by atomic mass is 16.5. The average molecular weight is 413 g/mol. The molecule has 2 N–H and O–H groups in total. The topological polar surface area (TPSA) is 122 Å². The fourth-order valence-electron chi connectivity index (χ4n) is 3.61. The number of ether oxygens (including phenoxy) is 1. The molecule has 0 spiro atoms. The Morgan fingerprint density at radius 3 is 2.00 bits per heavy atom. The first-order valence-corrected chi connectivity index (χ1v) is 9.64. The number of nitrogens with one attached hydrogen (secondary N) is 2. The highest BCUT2D eigenvalue weighted by molar-refractivity contribution is 6.08. The van der Waals surface area contributed by atoms with E-state index in [9.17, 15) is 24.0 Å². The predicted molar refractivity (Wildman–Crippen MR) is 107 cm³/mol. The SMILES string of the molecule is CC(=O)Nc1ccc(NC(=O)COC(=O)[C@H](C)N2C(=O)[C@H]3CC=CC[C@@H]3C2=O)cc1. The van der Waals surface area contributed by atoms with Gasteiger partial charge in [0.05, 0.1) is 11.8 Å². The molecular weight excluding hydrogens is 390 g/mol. The van der Waals surface area contributed by atoms with Crippen LogP contribution in [0.25, 0.3) is 0 Å². The van der Waals surface area contributed by atoms with Crippen molar-refractivity contribution in [3.8, 4) is 0 Å². The lowest BCUT2D eigenvalue weighted by atomic mass is 9.85. The number of likely N-dealkylation sites (tertiary alicyclic amines) is 1. The third kappa shape index (κ3) is 4.56. The first-order valence-electron chi connectivity index (χ1n) is 9.64. The Morgan fingerprint density at radius 2 is 1.50 bits per heavy atom. The van der Waals surface area contributed by atoms with Gasteiger partial charge in [0.2, 0.25) is 17.7 Å². The molecule has 9 nitrogen and oxygen atoms in total. The molecule has 30 heavy (non-hydrogen) atoms. The summed E-state index contributed by atoms with van der Waals surface area (Å²) < 4.78 is 5.01. The second-order valence-corrected chi connectivity index (χ2v) is 7.29. The van der Waals surface area contributed by atoms with Crippen LogP contribution >= 0.6 is 0 Å². The van der Waals surface area contributed by atoms with Gasteiger partial charge in [-0.2, -0.15) is 0 Å². The minimum atomic E-state index is -1.10. The van der Waals surface area contributed by atoms with Crippen LogP contribution in [0.5, 0.6) is 0 Å². The number of rotatable bonds is 6. The molecule has 0 aromatic heterocycles. The van der Waals surface area contributed by atoms with Crippen LogP contribution in [0.4, 0.5) is 11.4 Å². The lowest BCUT2D eigenvalue weighted by molar-refractivity contribution is -0.159. The van der Waals surface area contributed by atoms with Gasteiger partial charge in [-0.1, -0.05) is 12.2 Å². The number of carbonyl (C=O) groups excluding carboxylic acids is 5. The Balaban J connectivity index is 1.51. The standard InChI is InChI=1S/C21H23N3O6/c1-12(24-19(27)16-5-3-4-6-17(16)20(24)28)21(29)30-11-18(26)23-15-9-7-14(8-10-15)22-13(2)25/h3-4,7-10,12,16-17H,5-6,11H2,1-2H3,(H,22,25)(H,23,26)/t12-,16-,17-/m0/s1. The summed E-state index contributed by atoms with van der Waals surface area (Å²) >= 11 is 0. The second-order valence-electron chi connectivity index (χ2n) is 7.29. The quantitative estimate of drug-likeness (QED) is 0.414. The smallest absolute Gasteiger partial charge is 0.329 e. The summed E-state index contributed by atoms with van der Waals surface area (Å²) in [6.45, 7) is 2.25. The molecule has 1 aromatic rings. The number of hydrogen-bond acceptors (Lipinski definition) is 6. The maximum Gasteiger partial charge on any atom is 0.329 e. The number of amides is 4. The van der Waals surface area contributed by atoms with Gasteiger partial charge in [-0.15, -0.1) is 0 Å². The van der Waals surface area contributed by atoms with Crippen molar-refractivity contribution in [2.45, 2.75) is 32.7 Å². The molecule has 0 radical (unpaired) electrons.